The lowest BCUT2D eigenvalue weighted by molar-refractivity contribution is -0.121. The summed E-state index contributed by atoms with van der Waals surface area (Å²) in [4.78, 5) is 23.4. The fourth-order valence-electron chi connectivity index (χ4n) is 3.30. The third-order valence-electron chi connectivity index (χ3n) is 4.69. The van der Waals surface area contributed by atoms with Crippen molar-refractivity contribution >= 4 is 35.3 Å². The van der Waals surface area contributed by atoms with Crippen LogP contribution in [-0.4, -0.2) is 32.7 Å². The Morgan fingerprint density at radius 3 is 2.70 bits per heavy atom. The molecule has 30 heavy (non-hydrogen) atoms. The molecule has 3 aromatic rings. The standard InChI is InChI=1S/C21H20ClN5O2S/c1-13-3-2-4-17(9-13)27-18(10-16-11-19(28)24-20(29)23-16)25-26-21(27)30-12-14-5-7-15(22)8-6-14/h2-9,16H,10-12H2,1H3,(H2,23,24,28,29). The summed E-state index contributed by atoms with van der Waals surface area (Å²) < 4.78 is 1.99. The number of nitrogens with one attached hydrogen (secondary N) is 2. The second kappa shape index (κ2) is 8.89. The van der Waals surface area contributed by atoms with Crippen molar-refractivity contribution in [2.24, 2.45) is 0 Å². The number of rotatable bonds is 6. The van der Waals surface area contributed by atoms with Crippen molar-refractivity contribution in [1.29, 1.82) is 0 Å². The molecule has 0 aliphatic carbocycles. The number of hydrogen-bond acceptors (Lipinski definition) is 5. The van der Waals surface area contributed by atoms with Crippen LogP contribution < -0.4 is 10.6 Å². The lowest BCUT2D eigenvalue weighted by atomic mass is 10.1. The van der Waals surface area contributed by atoms with E-state index in [9.17, 15) is 9.59 Å². The number of carbonyl (C=O) groups is 2. The molecule has 2 heterocycles. The smallest absolute Gasteiger partial charge is 0.321 e. The van der Waals surface area contributed by atoms with E-state index in [-0.39, 0.29) is 18.4 Å². The second-order valence-electron chi connectivity index (χ2n) is 7.12. The zero-order chi connectivity index (χ0) is 21.1. The summed E-state index contributed by atoms with van der Waals surface area (Å²) >= 11 is 7.54. The second-order valence-corrected chi connectivity index (χ2v) is 8.49. The van der Waals surface area contributed by atoms with Crippen LogP contribution in [-0.2, 0) is 17.0 Å². The molecule has 3 amide bonds. The van der Waals surface area contributed by atoms with Crippen molar-refractivity contribution in [1.82, 2.24) is 25.4 Å². The van der Waals surface area contributed by atoms with E-state index in [2.05, 4.69) is 26.9 Å². The van der Waals surface area contributed by atoms with Crippen molar-refractivity contribution in [3.8, 4) is 5.69 Å². The maximum Gasteiger partial charge on any atom is 0.321 e. The van der Waals surface area contributed by atoms with Gasteiger partial charge in [0.1, 0.15) is 5.82 Å². The molecule has 4 rings (SSSR count). The molecule has 0 radical (unpaired) electrons. The molecule has 9 heteroatoms. The van der Waals surface area contributed by atoms with E-state index < -0.39 is 6.03 Å². The number of aromatic nitrogens is 3. The molecule has 0 saturated carbocycles. The molecule has 7 nitrogen and oxygen atoms in total. The Hall–Kier alpha value is -2.84. The van der Waals surface area contributed by atoms with Gasteiger partial charge in [-0.15, -0.1) is 10.2 Å². The van der Waals surface area contributed by atoms with E-state index in [1.807, 2.05) is 54.0 Å². The first-order valence-corrected chi connectivity index (χ1v) is 10.8. The number of amides is 3. The third-order valence-corrected chi connectivity index (χ3v) is 5.94. The van der Waals surface area contributed by atoms with Crippen LogP contribution in [0.3, 0.4) is 0 Å². The number of urea groups is 1. The lowest BCUT2D eigenvalue weighted by Gasteiger charge is -2.23. The minimum Gasteiger partial charge on any atom is -0.334 e. The van der Waals surface area contributed by atoms with Gasteiger partial charge in [-0.1, -0.05) is 47.6 Å². The SMILES string of the molecule is Cc1cccc(-n2c(CC3CC(=O)NC(=O)N3)nnc2SCc2ccc(Cl)cc2)c1. The van der Waals surface area contributed by atoms with E-state index in [1.54, 1.807) is 11.8 Å². The van der Waals surface area contributed by atoms with Crippen LogP contribution in [0.5, 0.6) is 0 Å². The highest BCUT2D eigenvalue weighted by Gasteiger charge is 2.26. The first kappa shape index (κ1) is 20.4. The molecule has 1 unspecified atom stereocenters. The van der Waals surface area contributed by atoms with Gasteiger partial charge in [0.25, 0.3) is 0 Å². The van der Waals surface area contributed by atoms with Crippen LogP contribution in [0.25, 0.3) is 5.69 Å². The van der Waals surface area contributed by atoms with E-state index in [1.165, 1.54) is 0 Å². The average molecular weight is 442 g/mol. The summed E-state index contributed by atoms with van der Waals surface area (Å²) in [5, 5.41) is 15.3. The summed E-state index contributed by atoms with van der Waals surface area (Å²) in [6.07, 6.45) is 0.612. The largest absolute Gasteiger partial charge is 0.334 e. The fourth-order valence-corrected chi connectivity index (χ4v) is 4.35. The van der Waals surface area contributed by atoms with E-state index in [0.717, 1.165) is 22.0 Å². The van der Waals surface area contributed by atoms with Gasteiger partial charge < -0.3 is 5.32 Å². The number of nitrogens with zero attached hydrogens (tertiary/aromatic N) is 3. The maximum atomic E-state index is 11.7. The number of imide groups is 1. The van der Waals surface area contributed by atoms with Crippen molar-refractivity contribution in [2.45, 2.75) is 36.7 Å². The van der Waals surface area contributed by atoms with Gasteiger partial charge >= 0.3 is 6.03 Å². The van der Waals surface area contributed by atoms with Crippen LogP contribution in [0.4, 0.5) is 4.79 Å². The average Bonchev–Trinajstić information content (AvgIpc) is 3.09. The molecule has 1 aromatic heterocycles. The van der Waals surface area contributed by atoms with Gasteiger partial charge in [-0.05, 0) is 42.3 Å². The van der Waals surface area contributed by atoms with Crippen LogP contribution in [0, 0.1) is 6.92 Å². The Kier molecular flexibility index (Phi) is 6.06. The molecule has 1 atom stereocenters. The van der Waals surface area contributed by atoms with E-state index >= 15 is 0 Å². The Morgan fingerprint density at radius 1 is 1.17 bits per heavy atom. The van der Waals surface area contributed by atoms with Crippen LogP contribution in [0.15, 0.2) is 53.7 Å². The Morgan fingerprint density at radius 2 is 1.97 bits per heavy atom. The molecule has 154 valence electrons. The summed E-state index contributed by atoms with van der Waals surface area (Å²) in [5.41, 5.74) is 3.19. The van der Waals surface area contributed by atoms with Crippen LogP contribution in [0.2, 0.25) is 5.02 Å². The summed E-state index contributed by atoms with van der Waals surface area (Å²) in [6.45, 7) is 2.03. The summed E-state index contributed by atoms with van der Waals surface area (Å²) in [5.74, 6) is 1.12. The minimum absolute atomic E-state index is 0.208. The number of carbonyl (C=O) groups excluding carboxylic acids is 2. The molecule has 0 spiro atoms. The molecule has 1 saturated heterocycles. The third kappa shape index (κ3) is 4.83. The number of thioether (sulfide) groups is 1. The molecule has 0 bridgehead atoms. The molecular formula is C21H20ClN5O2S. The molecule has 1 aliphatic rings. The van der Waals surface area contributed by atoms with Crippen LogP contribution >= 0.6 is 23.4 Å². The monoisotopic (exact) mass is 441 g/mol. The number of halogens is 1. The van der Waals surface area contributed by atoms with Gasteiger partial charge in [-0.25, -0.2) is 4.79 Å². The van der Waals surface area contributed by atoms with Crippen molar-refractivity contribution < 1.29 is 9.59 Å². The van der Waals surface area contributed by atoms with E-state index in [0.29, 0.717) is 23.0 Å². The fraction of sp³-hybridized carbons (Fsp3) is 0.238. The quantitative estimate of drug-likeness (QED) is 0.570. The van der Waals surface area contributed by atoms with Gasteiger partial charge in [0.15, 0.2) is 5.16 Å². The molecule has 2 N–H and O–H groups in total. The Bertz CT molecular complexity index is 1070. The van der Waals surface area contributed by atoms with Gasteiger partial charge in [-0.3, -0.25) is 14.7 Å². The highest BCUT2D eigenvalue weighted by atomic mass is 35.5. The lowest BCUT2D eigenvalue weighted by Crippen LogP contribution is -2.53. The summed E-state index contributed by atoms with van der Waals surface area (Å²) in [7, 11) is 0. The topological polar surface area (TPSA) is 88.9 Å². The zero-order valence-electron chi connectivity index (χ0n) is 16.3. The van der Waals surface area contributed by atoms with Gasteiger partial charge in [0, 0.05) is 35.3 Å². The normalized spacial score (nSPS) is 16.3. The Balaban J connectivity index is 1.62. The molecular weight excluding hydrogens is 422 g/mol. The van der Waals surface area contributed by atoms with Crippen LogP contribution in [0.1, 0.15) is 23.4 Å². The van der Waals surface area contributed by atoms with Crippen molar-refractivity contribution in [2.75, 3.05) is 0 Å². The first-order valence-electron chi connectivity index (χ1n) is 9.47. The minimum atomic E-state index is -0.477. The van der Waals surface area contributed by atoms with Gasteiger partial charge in [0.2, 0.25) is 5.91 Å². The Labute approximate surface area is 183 Å². The highest BCUT2D eigenvalue weighted by Crippen LogP contribution is 2.27. The van der Waals surface area contributed by atoms with Crippen molar-refractivity contribution in [3.05, 3.63) is 70.5 Å². The van der Waals surface area contributed by atoms with Crippen molar-refractivity contribution in [3.63, 3.8) is 0 Å². The van der Waals surface area contributed by atoms with E-state index in [4.69, 9.17) is 11.6 Å². The number of benzene rings is 2. The molecule has 1 fully saturated rings. The molecule has 1 aliphatic heterocycles. The highest BCUT2D eigenvalue weighted by molar-refractivity contribution is 7.98. The number of aryl methyl sites for hydroxylation is 1. The predicted molar refractivity (Wildman–Crippen MR) is 116 cm³/mol. The maximum absolute atomic E-state index is 11.7. The summed E-state index contributed by atoms with van der Waals surface area (Å²) in [6, 6.07) is 15.0. The predicted octanol–water partition coefficient (Wildman–Crippen LogP) is 3.66. The molecule has 2 aromatic carbocycles. The van der Waals surface area contributed by atoms with Gasteiger partial charge in [0.05, 0.1) is 0 Å². The number of hydrogen-bond donors (Lipinski definition) is 2. The van der Waals surface area contributed by atoms with Gasteiger partial charge in [-0.2, -0.15) is 0 Å². The first-order chi connectivity index (χ1) is 14.5. The zero-order valence-corrected chi connectivity index (χ0v) is 17.8.